The van der Waals surface area contributed by atoms with Crippen molar-refractivity contribution in [1.82, 2.24) is 9.55 Å². The van der Waals surface area contributed by atoms with Gasteiger partial charge in [-0.05, 0) is 42.2 Å². The number of rotatable bonds is 12. The largest absolute Gasteiger partial charge is 0.465 e. The second-order valence-electron chi connectivity index (χ2n) is 7.47. The maximum absolute atomic E-state index is 12.6. The molecule has 3 rings (SSSR count). The van der Waals surface area contributed by atoms with Crippen LogP contribution in [-0.2, 0) is 17.8 Å². The molecule has 0 N–H and O–H groups in total. The van der Waals surface area contributed by atoms with Crippen molar-refractivity contribution < 1.29 is 14.3 Å². The molecule has 1 aromatic heterocycles. The smallest absolute Gasteiger partial charge is 0.338 e. The van der Waals surface area contributed by atoms with E-state index in [1.165, 1.54) is 0 Å². The van der Waals surface area contributed by atoms with Crippen LogP contribution in [-0.4, -0.2) is 28.7 Å². The van der Waals surface area contributed by atoms with E-state index >= 15 is 0 Å². The van der Waals surface area contributed by atoms with Crippen LogP contribution in [0.15, 0.2) is 60.3 Å². The summed E-state index contributed by atoms with van der Waals surface area (Å²) >= 11 is 0. The summed E-state index contributed by atoms with van der Waals surface area (Å²) in [6, 6.07) is 15.8. The number of nitroso groups, excluding NO2 is 1. The predicted octanol–water partition coefficient (Wildman–Crippen LogP) is 5.86. The van der Waals surface area contributed by atoms with Gasteiger partial charge in [0.05, 0.1) is 36.7 Å². The third-order valence-electron chi connectivity index (χ3n) is 5.23. The van der Waals surface area contributed by atoms with Gasteiger partial charge in [-0.25, -0.2) is 4.79 Å². The lowest BCUT2D eigenvalue weighted by atomic mass is 9.98. The molecular formula is C26H29N3O4. The first kappa shape index (κ1) is 23.9. The van der Waals surface area contributed by atoms with Crippen LogP contribution in [0.3, 0.4) is 0 Å². The Morgan fingerprint density at radius 2 is 1.91 bits per heavy atom. The third kappa shape index (κ3) is 5.74. The highest BCUT2D eigenvalue weighted by Gasteiger charge is 2.18. The zero-order valence-electron chi connectivity index (χ0n) is 19.1. The van der Waals surface area contributed by atoms with Crippen molar-refractivity contribution in [2.75, 3.05) is 13.2 Å². The Morgan fingerprint density at radius 3 is 2.58 bits per heavy atom. The second kappa shape index (κ2) is 11.8. The Balaban J connectivity index is 1.87. The number of carbonyl (C=O) groups is 1. The Labute approximate surface area is 194 Å². The number of hydrogen-bond donors (Lipinski definition) is 0. The summed E-state index contributed by atoms with van der Waals surface area (Å²) < 4.78 is 12.9. The number of unbranched alkanes of at least 4 members (excludes halogenated alkanes) is 1. The van der Waals surface area contributed by atoms with Crippen LogP contribution in [0.5, 0.6) is 6.01 Å². The highest BCUT2D eigenvalue weighted by Crippen LogP contribution is 2.27. The third-order valence-corrected chi connectivity index (χ3v) is 5.23. The molecular weight excluding hydrogens is 418 g/mol. The van der Waals surface area contributed by atoms with Gasteiger partial charge in [0, 0.05) is 0 Å². The molecule has 0 saturated carbocycles. The van der Waals surface area contributed by atoms with Crippen molar-refractivity contribution in [1.29, 1.82) is 0 Å². The highest BCUT2D eigenvalue weighted by molar-refractivity contribution is 5.97. The molecule has 0 fully saturated rings. The Hall–Kier alpha value is -3.74. The summed E-state index contributed by atoms with van der Waals surface area (Å²) in [6.45, 7) is 9.02. The van der Waals surface area contributed by atoms with Crippen LogP contribution in [0.2, 0.25) is 0 Å². The van der Waals surface area contributed by atoms with Crippen molar-refractivity contribution >= 4 is 12.0 Å². The molecule has 1 heterocycles. The minimum absolute atomic E-state index is 0.0208. The first-order chi connectivity index (χ1) is 16.1. The summed E-state index contributed by atoms with van der Waals surface area (Å²) in [6.07, 6.45) is 3.41. The maximum Gasteiger partial charge on any atom is 0.338 e. The van der Waals surface area contributed by atoms with Gasteiger partial charge in [0.1, 0.15) is 6.54 Å². The molecule has 0 aliphatic heterocycles. The molecule has 0 amide bonds. The number of carbonyl (C=O) groups excluding carboxylic acids is 1. The fourth-order valence-corrected chi connectivity index (χ4v) is 3.55. The highest BCUT2D eigenvalue weighted by atomic mass is 16.5. The molecule has 7 nitrogen and oxygen atoms in total. The first-order valence-corrected chi connectivity index (χ1v) is 11.1. The molecule has 2 aromatic carbocycles. The van der Waals surface area contributed by atoms with Gasteiger partial charge in [0.25, 0.3) is 6.01 Å². The lowest BCUT2D eigenvalue weighted by molar-refractivity contribution is 0.0500. The number of aromatic nitrogens is 2. The number of benzene rings is 2. The van der Waals surface area contributed by atoms with Gasteiger partial charge in [-0.2, -0.15) is 9.89 Å². The van der Waals surface area contributed by atoms with Gasteiger partial charge in [-0.15, -0.1) is 0 Å². The molecule has 0 bridgehead atoms. The monoisotopic (exact) mass is 447 g/mol. The lowest BCUT2D eigenvalue weighted by Gasteiger charge is -2.13. The molecule has 3 aromatic rings. The number of imidazole rings is 1. The summed E-state index contributed by atoms with van der Waals surface area (Å²) in [5.41, 5.74) is 4.52. The molecule has 7 heteroatoms. The molecule has 0 spiro atoms. The zero-order chi connectivity index (χ0) is 23.6. The van der Waals surface area contributed by atoms with Crippen molar-refractivity contribution in [3.05, 3.63) is 82.5 Å². The Kier molecular flexibility index (Phi) is 8.52. The topological polar surface area (TPSA) is 82.8 Å². The maximum atomic E-state index is 12.6. The van der Waals surface area contributed by atoms with Crippen molar-refractivity contribution in [2.45, 2.75) is 39.8 Å². The van der Waals surface area contributed by atoms with Gasteiger partial charge in [0.15, 0.2) is 0 Å². The van der Waals surface area contributed by atoms with Gasteiger partial charge in [-0.3, -0.25) is 4.57 Å². The van der Waals surface area contributed by atoms with Crippen molar-refractivity contribution in [2.24, 2.45) is 5.18 Å². The van der Waals surface area contributed by atoms with Crippen LogP contribution < -0.4 is 4.74 Å². The van der Waals surface area contributed by atoms with Gasteiger partial charge < -0.3 is 9.47 Å². The van der Waals surface area contributed by atoms with E-state index in [2.05, 4.69) is 23.7 Å². The van der Waals surface area contributed by atoms with Crippen LogP contribution in [0, 0.1) is 4.91 Å². The zero-order valence-corrected chi connectivity index (χ0v) is 19.1. The van der Waals surface area contributed by atoms with Gasteiger partial charge >= 0.3 is 5.97 Å². The average molecular weight is 448 g/mol. The minimum atomic E-state index is -0.314. The molecule has 0 atom stereocenters. The van der Waals surface area contributed by atoms with Gasteiger partial charge in [-0.1, -0.05) is 67.6 Å². The molecule has 0 aliphatic carbocycles. The number of hydrogen-bond acceptors (Lipinski definition) is 6. The molecule has 0 unspecified atom stereocenters. The minimum Gasteiger partial charge on any atom is -0.465 e. The summed E-state index contributed by atoms with van der Waals surface area (Å²) in [5.74, 6) is -0.314. The van der Waals surface area contributed by atoms with E-state index in [0.29, 0.717) is 42.7 Å². The average Bonchev–Trinajstić information content (AvgIpc) is 3.16. The summed E-state index contributed by atoms with van der Waals surface area (Å²) in [4.78, 5) is 28.0. The van der Waals surface area contributed by atoms with E-state index in [-0.39, 0.29) is 12.5 Å². The fraction of sp³-hybridized carbons (Fsp3) is 0.308. The molecule has 0 saturated heterocycles. The van der Waals surface area contributed by atoms with Crippen LogP contribution in [0.25, 0.3) is 17.2 Å². The molecule has 0 radical (unpaired) electrons. The fourth-order valence-electron chi connectivity index (χ4n) is 3.55. The van der Waals surface area contributed by atoms with E-state index in [4.69, 9.17) is 9.47 Å². The quantitative estimate of drug-likeness (QED) is 0.197. The second-order valence-corrected chi connectivity index (χ2v) is 7.47. The van der Waals surface area contributed by atoms with Crippen molar-refractivity contribution in [3.8, 4) is 17.1 Å². The van der Waals surface area contributed by atoms with Gasteiger partial charge in [0.2, 0.25) is 0 Å². The predicted molar refractivity (Wildman–Crippen MR) is 129 cm³/mol. The van der Waals surface area contributed by atoms with Crippen LogP contribution >= 0.6 is 0 Å². The molecule has 172 valence electrons. The number of ether oxygens (including phenoxy) is 2. The summed E-state index contributed by atoms with van der Waals surface area (Å²) in [5, 5.41) is 3.04. The number of esters is 1. The van der Waals surface area contributed by atoms with Crippen LogP contribution in [0.4, 0.5) is 0 Å². The van der Waals surface area contributed by atoms with E-state index in [1.807, 2.05) is 54.0 Å². The SMILES string of the molecule is C=Cc1nc(OCC)n(Cc2ccc(-c3ccccc3C(=O)OCCCC)cc2)c1CN=O. The number of nitrogens with zero attached hydrogens (tertiary/aromatic N) is 3. The normalized spacial score (nSPS) is 10.6. The van der Waals surface area contributed by atoms with Crippen LogP contribution in [0.1, 0.15) is 54.0 Å². The Bertz CT molecular complexity index is 1100. The van der Waals surface area contributed by atoms with E-state index in [1.54, 1.807) is 12.1 Å². The van der Waals surface area contributed by atoms with E-state index in [9.17, 15) is 9.70 Å². The first-order valence-electron chi connectivity index (χ1n) is 11.1. The Morgan fingerprint density at radius 1 is 1.15 bits per heavy atom. The molecule has 0 aliphatic rings. The van der Waals surface area contributed by atoms with E-state index in [0.717, 1.165) is 29.5 Å². The summed E-state index contributed by atoms with van der Waals surface area (Å²) in [7, 11) is 0. The van der Waals surface area contributed by atoms with Crippen molar-refractivity contribution in [3.63, 3.8) is 0 Å². The molecule has 33 heavy (non-hydrogen) atoms. The standard InChI is InChI=1S/C26H29N3O4/c1-4-7-16-33-25(30)22-11-9-8-10-21(22)20-14-12-19(13-15-20)18-29-24(17-27-31)23(5-2)28-26(29)32-6-3/h5,8-15H,2,4,6-7,16-18H2,1,3H3. The van der Waals surface area contributed by atoms with E-state index < -0.39 is 0 Å². The lowest BCUT2D eigenvalue weighted by Crippen LogP contribution is -2.09.